The van der Waals surface area contributed by atoms with Gasteiger partial charge in [-0.05, 0) is 49.2 Å². The summed E-state index contributed by atoms with van der Waals surface area (Å²) in [7, 11) is 0. The zero-order valence-corrected chi connectivity index (χ0v) is 20.7. The molecule has 0 aliphatic carbocycles. The smallest absolute Gasteiger partial charge is 0.133 e. The predicted molar refractivity (Wildman–Crippen MR) is 145 cm³/mol. The lowest BCUT2D eigenvalue weighted by Gasteiger charge is -2.32. The minimum Gasteiger partial charge on any atom is -0.457 e. The van der Waals surface area contributed by atoms with Gasteiger partial charge in [-0.25, -0.2) is 0 Å². The highest BCUT2D eigenvalue weighted by Gasteiger charge is 2.31. The van der Waals surface area contributed by atoms with E-state index in [0.29, 0.717) is 5.02 Å². The molecule has 0 saturated heterocycles. The van der Waals surface area contributed by atoms with Crippen LogP contribution in [0.3, 0.4) is 0 Å². The van der Waals surface area contributed by atoms with E-state index in [9.17, 15) is 5.11 Å². The molecule has 1 heterocycles. The van der Waals surface area contributed by atoms with Gasteiger partial charge in [0.2, 0.25) is 0 Å². The number of halogens is 1. The molecule has 0 amide bonds. The van der Waals surface area contributed by atoms with Crippen molar-refractivity contribution in [2.24, 2.45) is 0 Å². The molecule has 1 atom stereocenters. The zero-order valence-electron chi connectivity index (χ0n) is 20.0. The van der Waals surface area contributed by atoms with Crippen molar-refractivity contribution in [1.82, 2.24) is 0 Å². The van der Waals surface area contributed by atoms with Crippen LogP contribution in [-0.2, 0) is 6.61 Å². The predicted octanol–water partition coefficient (Wildman–Crippen LogP) is 7.71. The number of hydrogen-bond acceptors (Lipinski definition) is 4. The Hall–Kier alpha value is -3.47. The van der Waals surface area contributed by atoms with Crippen molar-refractivity contribution < 1.29 is 9.84 Å². The Morgan fingerprint density at radius 3 is 2.29 bits per heavy atom. The molecule has 178 valence electrons. The second-order valence-electron chi connectivity index (χ2n) is 8.65. The Bertz CT molecular complexity index is 1340. The summed E-state index contributed by atoms with van der Waals surface area (Å²) in [6.45, 7) is 6.12. The number of rotatable bonds is 7. The molecule has 1 aliphatic rings. The molecule has 1 unspecified atom stereocenters. The van der Waals surface area contributed by atoms with Gasteiger partial charge in [0.05, 0.1) is 17.3 Å². The van der Waals surface area contributed by atoms with E-state index in [1.165, 1.54) is 0 Å². The first-order chi connectivity index (χ1) is 17.1. The van der Waals surface area contributed by atoms with Crippen LogP contribution in [0.1, 0.15) is 42.0 Å². The molecule has 4 aromatic rings. The molecule has 5 rings (SSSR count). The molecule has 0 aromatic heterocycles. The maximum Gasteiger partial charge on any atom is 0.133 e. The Balaban J connectivity index is 1.67. The number of anilines is 3. The van der Waals surface area contributed by atoms with Crippen LogP contribution in [-0.4, -0.2) is 18.2 Å². The zero-order chi connectivity index (χ0) is 24.4. The molecule has 1 aliphatic heterocycles. The van der Waals surface area contributed by atoms with Gasteiger partial charge in [-0.1, -0.05) is 60.1 Å². The number of aliphatic hydroxyl groups excluding tert-OH is 1. The van der Waals surface area contributed by atoms with E-state index < -0.39 is 0 Å². The van der Waals surface area contributed by atoms with Gasteiger partial charge in [-0.3, -0.25) is 0 Å². The minimum absolute atomic E-state index is 0.0293. The summed E-state index contributed by atoms with van der Waals surface area (Å²) in [5.41, 5.74) is 6.94. The number of benzene rings is 4. The summed E-state index contributed by atoms with van der Waals surface area (Å²) >= 11 is 6.73. The van der Waals surface area contributed by atoms with Crippen molar-refractivity contribution in [2.75, 3.05) is 23.3 Å². The molecule has 2 N–H and O–H groups in total. The maximum atomic E-state index is 10.1. The summed E-state index contributed by atoms with van der Waals surface area (Å²) < 4.78 is 6.47. The summed E-state index contributed by atoms with van der Waals surface area (Å²) in [4.78, 5) is 2.30. The van der Waals surface area contributed by atoms with Crippen LogP contribution in [0, 0.1) is 0 Å². The highest BCUT2D eigenvalue weighted by atomic mass is 35.5. The van der Waals surface area contributed by atoms with E-state index in [2.05, 4.69) is 54.4 Å². The van der Waals surface area contributed by atoms with E-state index in [1.54, 1.807) is 0 Å². The monoisotopic (exact) mass is 484 g/mol. The highest BCUT2D eigenvalue weighted by molar-refractivity contribution is 6.33. The van der Waals surface area contributed by atoms with Gasteiger partial charge in [-0.2, -0.15) is 0 Å². The van der Waals surface area contributed by atoms with Crippen LogP contribution in [0.4, 0.5) is 17.1 Å². The average molecular weight is 485 g/mol. The Labute approximate surface area is 211 Å². The second kappa shape index (κ2) is 10.0. The largest absolute Gasteiger partial charge is 0.457 e. The number of nitrogens with zero attached hydrogens (tertiary/aromatic N) is 1. The number of para-hydroxylation sites is 1. The first-order valence-electron chi connectivity index (χ1n) is 12.0. The first-order valence-corrected chi connectivity index (χ1v) is 12.4. The molecular formula is C30H29ClN2O2. The molecule has 5 heteroatoms. The SMILES string of the molecule is CCN(CC)c1ccc2c(c1)Oc1cc(Cl)c(Nc3ccccc3)cc1C2c1ccccc1CO. The minimum atomic E-state index is -0.101. The number of nitrogens with one attached hydrogen (secondary N) is 1. The fourth-order valence-corrected chi connectivity index (χ4v) is 5.08. The quantitative estimate of drug-likeness (QED) is 0.248. The highest BCUT2D eigenvalue weighted by Crippen LogP contribution is 2.51. The molecule has 0 saturated carbocycles. The molecule has 0 spiro atoms. The van der Waals surface area contributed by atoms with E-state index in [4.69, 9.17) is 16.3 Å². The molecule has 0 fully saturated rings. The van der Waals surface area contributed by atoms with Crippen LogP contribution in [0.5, 0.6) is 11.5 Å². The average Bonchev–Trinajstić information content (AvgIpc) is 2.89. The Morgan fingerprint density at radius 1 is 0.829 bits per heavy atom. The summed E-state index contributed by atoms with van der Waals surface area (Å²) in [6, 6.07) is 28.4. The number of aliphatic hydroxyl groups is 1. The molecule has 4 aromatic carbocycles. The molecule has 0 radical (unpaired) electrons. The van der Waals surface area contributed by atoms with Gasteiger partial charge in [0.25, 0.3) is 0 Å². The van der Waals surface area contributed by atoms with Crippen molar-refractivity contribution >= 4 is 28.7 Å². The van der Waals surface area contributed by atoms with Gasteiger partial charge < -0.3 is 20.1 Å². The summed E-state index contributed by atoms with van der Waals surface area (Å²) in [5, 5.41) is 14.2. The van der Waals surface area contributed by atoms with Crippen LogP contribution < -0.4 is 15.0 Å². The lowest BCUT2D eigenvalue weighted by molar-refractivity contribution is 0.280. The third-order valence-corrected chi connectivity index (χ3v) is 6.97. The van der Waals surface area contributed by atoms with Gasteiger partial charge in [-0.15, -0.1) is 0 Å². The van der Waals surface area contributed by atoms with E-state index in [-0.39, 0.29) is 12.5 Å². The summed E-state index contributed by atoms with van der Waals surface area (Å²) in [6.07, 6.45) is 0. The van der Waals surface area contributed by atoms with Gasteiger partial charge in [0.1, 0.15) is 11.5 Å². The van der Waals surface area contributed by atoms with Crippen molar-refractivity contribution in [3.63, 3.8) is 0 Å². The van der Waals surface area contributed by atoms with Crippen LogP contribution in [0.25, 0.3) is 0 Å². The number of hydrogen-bond donors (Lipinski definition) is 2. The van der Waals surface area contributed by atoms with E-state index >= 15 is 0 Å². The number of fused-ring (bicyclic) bond motifs is 2. The van der Waals surface area contributed by atoms with Crippen LogP contribution >= 0.6 is 11.6 Å². The van der Waals surface area contributed by atoms with Crippen LogP contribution in [0.2, 0.25) is 5.02 Å². The van der Waals surface area contributed by atoms with Crippen molar-refractivity contribution in [1.29, 1.82) is 0 Å². The van der Waals surface area contributed by atoms with Crippen LogP contribution in [0.15, 0.2) is 84.9 Å². The molecular weight excluding hydrogens is 456 g/mol. The lowest BCUT2D eigenvalue weighted by Crippen LogP contribution is -2.22. The third kappa shape index (κ3) is 4.47. The molecule has 0 bridgehead atoms. The number of ether oxygens (including phenoxy) is 1. The van der Waals surface area contributed by atoms with Crippen molar-refractivity contribution in [3.05, 3.63) is 112 Å². The van der Waals surface area contributed by atoms with Crippen molar-refractivity contribution in [3.8, 4) is 11.5 Å². The molecule has 4 nitrogen and oxygen atoms in total. The Morgan fingerprint density at radius 2 is 1.54 bits per heavy atom. The van der Waals surface area contributed by atoms with Gasteiger partial charge in [0.15, 0.2) is 0 Å². The molecule has 35 heavy (non-hydrogen) atoms. The topological polar surface area (TPSA) is 44.7 Å². The van der Waals surface area contributed by atoms with Gasteiger partial charge >= 0.3 is 0 Å². The maximum absolute atomic E-state index is 10.1. The van der Waals surface area contributed by atoms with Gasteiger partial charge in [0, 0.05) is 53.6 Å². The fourth-order valence-electron chi connectivity index (χ4n) is 4.87. The fraction of sp³-hybridized carbons (Fsp3) is 0.200. The first kappa shape index (κ1) is 23.3. The normalized spacial score (nSPS) is 14.0. The Kier molecular flexibility index (Phi) is 6.67. The standard InChI is InChI=1S/C30H29ClN2O2/c1-3-33(4-2)22-14-15-24-28(16-22)35-29-18-26(31)27(32-21-11-6-5-7-12-21)17-25(29)30(24)23-13-9-8-10-20(23)19-34/h5-18,30,32,34H,3-4,19H2,1-2H3. The lowest BCUT2D eigenvalue weighted by atomic mass is 9.80. The second-order valence-corrected chi connectivity index (χ2v) is 9.05. The van der Waals surface area contributed by atoms with E-state index in [0.717, 1.165) is 63.9 Å². The van der Waals surface area contributed by atoms with Crippen molar-refractivity contribution in [2.45, 2.75) is 26.4 Å². The third-order valence-electron chi connectivity index (χ3n) is 6.66. The summed E-state index contributed by atoms with van der Waals surface area (Å²) in [5.74, 6) is 1.45. The van der Waals surface area contributed by atoms with E-state index in [1.807, 2.05) is 54.6 Å².